The van der Waals surface area contributed by atoms with Gasteiger partial charge in [-0.05, 0) is 25.2 Å². The normalized spacial score (nSPS) is 17.1. The molecular formula is C11H14N2O3. The Morgan fingerprint density at radius 2 is 2.31 bits per heavy atom. The molecule has 1 aromatic heterocycles. The van der Waals surface area contributed by atoms with E-state index in [1.54, 1.807) is 6.92 Å². The van der Waals surface area contributed by atoms with Gasteiger partial charge in [0.25, 0.3) is 5.56 Å². The quantitative estimate of drug-likeness (QED) is 0.818. The monoisotopic (exact) mass is 222 g/mol. The van der Waals surface area contributed by atoms with E-state index >= 15 is 0 Å². The molecule has 0 atom stereocenters. The second kappa shape index (κ2) is 3.73. The molecule has 0 unspecified atom stereocenters. The van der Waals surface area contributed by atoms with Gasteiger partial charge in [0.15, 0.2) is 0 Å². The number of hydrogen-bond acceptors (Lipinski definition) is 3. The van der Waals surface area contributed by atoms with Crippen molar-refractivity contribution in [2.75, 3.05) is 0 Å². The van der Waals surface area contributed by atoms with Crippen LogP contribution < -0.4 is 5.56 Å². The molecule has 0 bridgehead atoms. The molecule has 1 aromatic rings. The van der Waals surface area contributed by atoms with Crippen LogP contribution >= 0.6 is 0 Å². The summed E-state index contributed by atoms with van der Waals surface area (Å²) < 4.78 is 1.50. The molecule has 5 heteroatoms. The summed E-state index contributed by atoms with van der Waals surface area (Å²) in [5.74, 6) is -0.800. The predicted octanol–water partition coefficient (Wildman–Crippen LogP) is 0.807. The lowest BCUT2D eigenvalue weighted by Gasteiger charge is -2.13. The Hall–Kier alpha value is -1.65. The first-order valence-corrected chi connectivity index (χ1v) is 5.26. The van der Waals surface area contributed by atoms with Crippen LogP contribution in [0.4, 0.5) is 0 Å². The van der Waals surface area contributed by atoms with Crippen LogP contribution in [-0.4, -0.2) is 20.6 Å². The topological polar surface area (TPSA) is 72.2 Å². The van der Waals surface area contributed by atoms with Crippen LogP contribution in [-0.2, 0) is 11.3 Å². The molecule has 1 aliphatic rings. The molecular weight excluding hydrogens is 208 g/mol. The van der Waals surface area contributed by atoms with Gasteiger partial charge in [-0.2, -0.15) is 0 Å². The molecule has 5 nitrogen and oxygen atoms in total. The van der Waals surface area contributed by atoms with Gasteiger partial charge in [0.05, 0.1) is 12.7 Å². The van der Waals surface area contributed by atoms with Gasteiger partial charge in [0, 0.05) is 18.3 Å². The van der Waals surface area contributed by atoms with Gasteiger partial charge >= 0.3 is 5.97 Å². The van der Waals surface area contributed by atoms with Crippen molar-refractivity contribution >= 4 is 5.97 Å². The fraction of sp³-hybridized carbons (Fsp3) is 0.545. The molecule has 0 radical (unpaired) electrons. The average molecular weight is 222 g/mol. The number of aromatic nitrogens is 2. The lowest BCUT2D eigenvalue weighted by molar-refractivity contribution is -0.138. The zero-order valence-corrected chi connectivity index (χ0v) is 9.14. The van der Waals surface area contributed by atoms with Crippen molar-refractivity contribution in [2.45, 2.75) is 32.7 Å². The first-order valence-electron chi connectivity index (χ1n) is 5.26. The van der Waals surface area contributed by atoms with Gasteiger partial charge in [0.2, 0.25) is 0 Å². The van der Waals surface area contributed by atoms with E-state index in [0.717, 1.165) is 12.8 Å². The van der Waals surface area contributed by atoms with Gasteiger partial charge in [-0.3, -0.25) is 14.2 Å². The highest BCUT2D eigenvalue weighted by molar-refractivity contribution is 5.68. The Bertz CT molecular complexity index is 474. The van der Waals surface area contributed by atoms with Crippen molar-refractivity contribution in [1.82, 2.24) is 9.55 Å². The third-order valence-electron chi connectivity index (χ3n) is 3.01. The Morgan fingerprint density at radius 1 is 1.62 bits per heavy atom. The van der Waals surface area contributed by atoms with Crippen LogP contribution in [0.2, 0.25) is 0 Å². The molecule has 86 valence electrons. The summed E-state index contributed by atoms with van der Waals surface area (Å²) >= 11 is 0. The molecule has 0 aromatic carbocycles. The molecule has 16 heavy (non-hydrogen) atoms. The Labute approximate surface area is 92.7 Å². The minimum absolute atomic E-state index is 0.107. The zero-order chi connectivity index (χ0) is 11.8. The van der Waals surface area contributed by atoms with Gasteiger partial charge < -0.3 is 5.11 Å². The molecule has 0 aliphatic heterocycles. The molecule has 0 spiro atoms. The van der Waals surface area contributed by atoms with E-state index in [1.165, 1.54) is 17.0 Å². The molecule has 1 aliphatic carbocycles. The van der Waals surface area contributed by atoms with Gasteiger partial charge in [-0.15, -0.1) is 0 Å². The summed E-state index contributed by atoms with van der Waals surface area (Å²) in [5.41, 5.74) is 0.362. The summed E-state index contributed by atoms with van der Waals surface area (Å²) in [7, 11) is 0. The lowest BCUT2D eigenvalue weighted by atomic mass is 10.0. The van der Waals surface area contributed by atoms with E-state index in [0.29, 0.717) is 12.2 Å². The van der Waals surface area contributed by atoms with Crippen molar-refractivity contribution in [3.8, 4) is 0 Å². The van der Waals surface area contributed by atoms with E-state index in [-0.39, 0.29) is 17.4 Å². The number of aryl methyl sites for hydroxylation is 1. The molecule has 0 amide bonds. The van der Waals surface area contributed by atoms with Crippen molar-refractivity contribution in [2.24, 2.45) is 5.41 Å². The maximum atomic E-state index is 11.6. The van der Waals surface area contributed by atoms with Crippen LogP contribution in [0.15, 0.2) is 17.2 Å². The first-order chi connectivity index (χ1) is 7.51. The number of carboxylic acids is 1. The van der Waals surface area contributed by atoms with E-state index in [4.69, 9.17) is 5.11 Å². The summed E-state index contributed by atoms with van der Waals surface area (Å²) in [4.78, 5) is 26.3. The summed E-state index contributed by atoms with van der Waals surface area (Å²) in [6.07, 6.45) is 3.38. The van der Waals surface area contributed by atoms with Gasteiger partial charge in [0.1, 0.15) is 0 Å². The number of nitrogens with zero attached hydrogens (tertiary/aromatic N) is 2. The third-order valence-corrected chi connectivity index (χ3v) is 3.01. The first kappa shape index (κ1) is 10.9. The number of hydrogen-bond donors (Lipinski definition) is 1. The molecule has 1 N–H and O–H groups in total. The number of aliphatic carboxylic acids is 1. The minimum atomic E-state index is -0.800. The van der Waals surface area contributed by atoms with Gasteiger partial charge in [-0.25, -0.2) is 4.98 Å². The van der Waals surface area contributed by atoms with Crippen LogP contribution in [0.1, 0.15) is 25.0 Å². The van der Waals surface area contributed by atoms with Crippen molar-refractivity contribution in [3.05, 3.63) is 28.4 Å². The standard InChI is InChI=1S/C11H14N2O3/c1-8-4-9(14)13(7-12-8)6-11(2-3-11)5-10(15)16/h4,7H,2-3,5-6H2,1H3,(H,15,16). The molecule has 1 saturated carbocycles. The molecule has 1 heterocycles. The number of carbonyl (C=O) groups is 1. The van der Waals surface area contributed by atoms with Gasteiger partial charge in [-0.1, -0.05) is 0 Å². The predicted molar refractivity (Wildman–Crippen MR) is 57.2 cm³/mol. The maximum Gasteiger partial charge on any atom is 0.303 e. The summed E-state index contributed by atoms with van der Waals surface area (Å²) in [5, 5.41) is 8.78. The average Bonchev–Trinajstić information content (AvgIpc) is 2.89. The summed E-state index contributed by atoms with van der Waals surface area (Å²) in [6, 6.07) is 1.47. The zero-order valence-electron chi connectivity index (χ0n) is 9.14. The fourth-order valence-electron chi connectivity index (χ4n) is 1.89. The second-order valence-electron chi connectivity index (χ2n) is 4.57. The Morgan fingerprint density at radius 3 is 2.81 bits per heavy atom. The van der Waals surface area contributed by atoms with Crippen molar-refractivity contribution < 1.29 is 9.90 Å². The SMILES string of the molecule is Cc1cc(=O)n(CC2(CC(=O)O)CC2)cn1. The molecule has 0 saturated heterocycles. The lowest BCUT2D eigenvalue weighted by Crippen LogP contribution is -2.26. The van der Waals surface area contributed by atoms with Crippen LogP contribution in [0.3, 0.4) is 0 Å². The smallest absolute Gasteiger partial charge is 0.303 e. The maximum absolute atomic E-state index is 11.6. The minimum Gasteiger partial charge on any atom is -0.481 e. The van der Waals surface area contributed by atoms with Crippen LogP contribution in [0, 0.1) is 12.3 Å². The number of carboxylic acid groups (broad SMARTS) is 1. The highest BCUT2D eigenvalue weighted by Gasteiger charge is 2.44. The van der Waals surface area contributed by atoms with Crippen LogP contribution in [0.5, 0.6) is 0 Å². The van der Waals surface area contributed by atoms with E-state index in [1.807, 2.05) is 0 Å². The fourth-order valence-corrected chi connectivity index (χ4v) is 1.89. The molecule has 1 fully saturated rings. The molecule has 2 rings (SSSR count). The summed E-state index contributed by atoms with van der Waals surface area (Å²) in [6.45, 7) is 2.22. The van der Waals surface area contributed by atoms with Crippen LogP contribution in [0.25, 0.3) is 0 Å². The van der Waals surface area contributed by atoms with E-state index < -0.39 is 5.97 Å². The Kier molecular flexibility index (Phi) is 2.53. The van der Waals surface area contributed by atoms with Crippen molar-refractivity contribution in [1.29, 1.82) is 0 Å². The number of rotatable bonds is 4. The largest absolute Gasteiger partial charge is 0.481 e. The van der Waals surface area contributed by atoms with E-state index in [9.17, 15) is 9.59 Å². The van der Waals surface area contributed by atoms with Crippen molar-refractivity contribution in [3.63, 3.8) is 0 Å². The van der Waals surface area contributed by atoms with E-state index in [2.05, 4.69) is 4.98 Å². The highest BCUT2D eigenvalue weighted by Crippen LogP contribution is 2.49. The second-order valence-corrected chi connectivity index (χ2v) is 4.57. The highest BCUT2D eigenvalue weighted by atomic mass is 16.4. The third kappa shape index (κ3) is 2.29. The Balaban J connectivity index is 2.15.